The first kappa shape index (κ1) is 21.1. The highest BCUT2D eigenvalue weighted by molar-refractivity contribution is 6.02. The van der Waals surface area contributed by atoms with Crippen molar-refractivity contribution in [1.82, 2.24) is 4.98 Å². The molecule has 0 spiro atoms. The summed E-state index contributed by atoms with van der Waals surface area (Å²) in [6.45, 7) is -0.664. The van der Waals surface area contributed by atoms with Crippen LogP contribution in [0.15, 0.2) is 60.8 Å². The Bertz CT molecular complexity index is 1060. The first-order chi connectivity index (χ1) is 14.3. The van der Waals surface area contributed by atoms with E-state index in [2.05, 4.69) is 9.72 Å². The first-order valence-corrected chi connectivity index (χ1v) is 8.80. The van der Waals surface area contributed by atoms with Crippen LogP contribution in [0.4, 0.5) is 23.8 Å². The predicted molar refractivity (Wildman–Crippen MR) is 103 cm³/mol. The summed E-state index contributed by atoms with van der Waals surface area (Å²) in [5.74, 6) is -0.917. The number of ether oxygens (including phenoxy) is 2. The minimum atomic E-state index is -4.58. The van der Waals surface area contributed by atoms with Crippen LogP contribution < -0.4 is 4.90 Å². The molecule has 9 heteroatoms. The van der Waals surface area contributed by atoms with E-state index in [0.717, 1.165) is 24.1 Å². The highest BCUT2D eigenvalue weighted by atomic mass is 19.4. The number of aromatic nitrogens is 1. The van der Waals surface area contributed by atoms with Crippen LogP contribution in [-0.4, -0.2) is 30.7 Å². The van der Waals surface area contributed by atoms with Gasteiger partial charge in [0.1, 0.15) is 19.0 Å². The van der Waals surface area contributed by atoms with Gasteiger partial charge in [-0.1, -0.05) is 36.4 Å². The lowest BCUT2D eigenvalue weighted by Gasteiger charge is -2.22. The van der Waals surface area contributed by atoms with Crippen molar-refractivity contribution < 1.29 is 32.2 Å². The third-order valence-electron chi connectivity index (χ3n) is 4.27. The number of halogens is 3. The molecule has 0 radical (unpaired) electrons. The van der Waals surface area contributed by atoms with Crippen molar-refractivity contribution in [3.05, 3.63) is 71.9 Å². The summed E-state index contributed by atoms with van der Waals surface area (Å²) < 4.78 is 49.4. The summed E-state index contributed by atoms with van der Waals surface area (Å²) in [7, 11) is 1.13. The topological polar surface area (TPSA) is 68.7 Å². The molecule has 0 aliphatic carbocycles. The predicted octanol–water partition coefficient (Wildman–Crippen LogP) is 4.57. The lowest BCUT2D eigenvalue weighted by Crippen LogP contribution is -2.37. The lowest BCUT2D eigenvalue weighted by atomic mass is 10.1. The van der Waals surface area contributed by atoms with E-state index in [1.807, 2.05) is 0 Å². The normalized spacial score (nSPS) is 11.2. The third-order valence-corrected chi connectivity index (χ3v) is 4.27. The summed E-state index contributed by atoms with van der Waals surface area (Å²) in [5.41, 5.74) is -0.200. The fraction of sp³-hybridized carbons (Fsp3) is 0.190. The van der Waals surface area contributed by atoms with Gasteiger partial charge in [0.25, 0.3) is 0 Å². The molecule has 30 heavy (non-hydrogen) atoms. The summed E-state index contributed by atoms with van der Waals surface area (Å²) in [6.07, 6.45) is -4.19. The van der Waals surface area contributed by atoms with E-state index in [4.69, 9.17) is 4.74 Å². The minimum Gasteiger partial charge on any atom is -0.468 e. The number of alkyl halides is 3. The van der Waals surface area contributed by atoms with Gasteiger partial charge >= 0.3 is 18.2 Å². The van der Waals surface area contributed by atoms with Crippen molar-refractivity contribution in [3.8, 4) is 0 Å². The van der Waals surface area contributed by atoms with Crippen LogP contribution in [0.1, 0.15) is 11.1 Å². The highest BCUT2D eigenvalue weighted by Crippen LogP contribution is 2.34. The number of nitrogens with zero attached hydrogens (tertiary/aromatic N) is 2. The first-order valence-electron chi connectivity index (χ1n) is 8.80. The number of fused-ring (bicyclic) bond motifs is 1. The van der Waals surface area contributed by atoms with Gasteiger partial charge in [0, 0.05) is 11.6 Å². The molecule has 0 aliphatic rings. The van der Waals surface area contributed by atoms with Crippen molar-refractivity contribution in [2.45, 2.75) is 12.8 Å². The zero-order valence-electron chi connectivity index (χ0n) is 15.8. The van der Waals surface area contributed by atoms with E-state index < -0.39 is 30.3 Å². The molecule has 1 heterocycles. The van der Waals surface area contributed by atoms with E-state index in [-0.39, 0.29) is 17.8 Å². The minimum absolute atomic E-state index is 0.0490. The summed E-state index contributed by atoms with van der Waals surface area (Å²) in [5, 5.41) is 0.464. The number of anilines is 1. The molecule has 0 atom stereocenters. The molecule has 0 N–H and O–H groups in total. The van der Waals surface area contributed by atoms with Gasteiger partial charge in [-0.15, -0.1) is 0 Å². The number of pyridine rings is 1. The Labute approximate surface area is 169 Å². The van der Waals surface area contributed by atoms with Crippen molar-refractivity contribution in [2.75, 3.05) is 18.6 Å². The Morgan fingerprint density at radius 2 is 1.80 bits per heavy atom. The molecule has 0 unspecified atom stereocenters. The van der Waals surface area contributed by atoms with Crippen molar-refractivity contribution in [3.63, 3.8) is 0 Å². The maximum atomic E-state index is 13.2. The van der Waals surface area contributed by atoms with Crippen LogP contribution in [0.5, 0.6) is 0 Å². The molecular formula is C21H17F3N2O4. The molecule has 6 nitrogen and oxygen atoms in total. The number of carbonyl (C=O) groups is 2. The van der Waals surface area contributed by atoms with E-state index in [0.29, 0.717) is 10.9 Å². The van der Waals surface area contributed by atoms with Crippen molar-refractivity contribution in [2.24, 2.45) is 0 Å². The fourth-order valence-corrected chi connectivity index (χ4v) is 2.76. The number of benzene rings is 2. The highest BCUT2D eigenvalue weighted by Gasteiger charge is 2.31. The van der Waals surface area contributed by atoms with Crippen LogP contribution in [0.25, 0.3) is 10.8 Å². The Morgan fingerprint density at radius 3 is 2.47 bits per heavy atom. The van der Waals surface area contributed by atoms with E-state index in [9.17, 15) is 22.8 Å². The van der Waals surface area contributed by atoms with E-state index in [1.165, 1.54) is 18.3 Å². The average molecular weight is 418 g/mol. The van der Waals surface area contributed by atoms with Gasteiger partial charge < -0.3 is 9.47 Å². The van der Waals surface area contributed by atoms with Crippen LogP contribution in [0, 0.1) is 0 Å². The largest absolute Gasteiger partial charge is 0.468 e. The molecule has 3 aromatic rings. The molecular weight excluding hydrogens is 401 g/mol. The second kappa shape index (κ2) is 8.81. The van der Waals surface area contributed by atoms with Gasteiger partial charge in [-0.2, -0.15) is 13.2 Å². The van der Waals surface area contributed by atoms with Gasteiger partial charge in [-0.05, 0) is 29.1 Å². The zero-order valence-corrected chi connectivity index (χ0v) is 15.8. The van der Waals surface area contributed by atoms with E-state index in [1.54, 1.807) is 30.3 Å². The maximum Gasteiger partial charge on any atom is 0.416 e. The number of methoxy groups -OCH3 is 1. The Kier molecular flexibility index (Phi) is 6.20. The third kappa shape index (κ3) is 4.86. The molecule has 0 bridgehead atoms. The monoisotopic (exact) mass is 418 g/mol. The Morgan fingerprint density at radius 1 is 1.07 bits per heavy atom. The molecule has 3 rings (SSSR count). The number of esters is 1. The molecule has 0 saturated heterocycles. The lowest BCUT2D eigenvalue weighted by molar-refractivity contribution is -0.139. The molecule has 2 aromatic carbocycles. The van der Waals surface area contributed by atoms with Gasteiger partial charge in [0.05, 0.1) is 12.7 Å². The SMILES string of the molecule is COC(=O)CN(C(=O)OCc1ccccc1)c1nccc2ccc(C(F)(F)F)cc12. The van der Waals surface area contributed by atoms with Gasteiger partial charge in [0.2, 0.25) is 0 Å². The van der Waals surface area contributed by atoms with Crippen LogP contribution >= 0.6 is 0 Å². The molecule has 156 valence electrons. The van der Waals surface area contributed by atoms with Gasteiger partial charge in [0.15, 0.2) is 0 Å². The summed E-state index contributed by atoms with van der Waals surface area (Å²) in [4.78, 5) is 29.5. The summed E-state index contributed by atoms with van der Waals surface area (Å²) in [6, 6.07) is 13.4. The number of hydrogen-bond acceptors (Lipinski definition) is 5. The Balaban J connectivity index is 1.99. The quantitative estimate of drug-likeness (QED) is 0.568. The number of rotatable bonds is 5. The number of amides is 1. The molecule has 1 amide bonds. The van der Waals surface area contributed by atoms with Gasteiger partial charge in [-0.25, -0.2) is 14.7 Å². The van der Waals surface area contributed by atoms with Crippen LogP contribution in [0.2, 0.25) is 0 Å². The molecule has 0 aliphatic heterocycles. The van der Waals surface area contributed by atoms with Crippen molar-refractivity contribution >= 4 is 28.7 Å². The average Bonchev–Trinajstić information content (AvgIpc) is 2.75. The van der Waals surface area contributed by atoms with E-state index >= 15 is 0 Å². The smallest absolute Gasteiger partial charge is 0.416 e. The number of carbonyl (C=O) groups excluding carboxylic acids is 2. The van der Waals surface area contributed by atoms with Crippen LogP contribution in [-0.2, 0) is 27.1 Å². The second-order valence-electron chi connectivity index (χ2n) is 6.27. The maximum absolute atomic E-state index is 13.2. The number of hydrogen-bond donors (Lipinski definition) is 0. The van der Waals surface area contributed by atoms with Crippen LogP contribution in [0.3, 0.4) is 0 Å². The second-order valence-corrected chi connectivity index (χ2v) is 6.27. The zero-order chi connectivity index (χ0) is 21.7. The molecule has 0 saturated carbocycles. The molecule has 0 fully saturated rings. The standard InChI is InChI=1S/C21H17F3N2O4/c1-29-18(27)12-26(20(28)30-13-14-5-3-2-4-6-14)19-17-11-16(21(22,23)24)8-7-15(17)9-10-25-19/h2-11H,12-13H2,1H3. The summed E-state index contributed by atoms with van der Waals surface area (Å²) >= 11 is 0. The van der Waals surface area contributed by atoms with Crippen molar-refractivity contribution in [1.29, 1.82) is 0 Å². The molecule has 1 aromatic heterocycles. The Hall–Kier alpha value is -3.62. The fourth-order valence-electron chi connectivity index (χ4n) is 2.76. The van der Waals surface area contributed by atoms with Gasteiger partial charge in [-0.3, -0.25) is 4.79 Å².